The van der Waals surface area contributed by atoms with Crippen molar-refractivity contribution in [2.45, 2.75) is 72.8 Å². The summed E-state index contributed by atoms with van der Waals surface area (Å²) in [6.45, 7) is 16.9. The molecule has 1 saturated heterocycles. The number of aromatic nitrogens is 2. The molecule has 8 heteroatoms. The average molecular weight is 435 g/mol. The molecule has 176 valence electrons. The molecule has 0 spiro atoms. The Balaban J connectivity index is 1.82. The Morgan fingerprint density at radius 1 is 1.35 bits per heavy atom. The van der Waals surface area contributed by atoms with E-state index in [1.165, 1.54) is 5.56 Å². The molecule has 31 heavy (non-hydrogen) atoms. The number of nitrogens with one attached hydrogen (secondary N) is 2. The van der Waals surface area contributed by atoms with Gasteiger partial charge in [-0.1, -0.05) is 0 Å². The van der Waals surface area contributed by atoms with Gasteiger partial charge in [-0.2, -0.15) is 5.10 Å². The summed E-state index contributed by atoms with van der Waals surface area (Å²) in [7, 11) is 0. The fourth-order valence-corrected chi connectivity index (χ4v) is 3.81. The number of aromatic amines is 1. The first-order valence-electron chi connectivity index (χ1n) is 11.7. The lowest BCUT2D eigenvalue weighted by molar-refractivity contribution is 0.0214. The van der Waals surface area contributed by atoms with Gasteiger partial charge >= 0.3 is 6.09 Å². The quantitative estimate of drug-likeness (QED) is 0.371. The molecule has 2 heterocycles. The molecule has 8 nitrogen and oxygen atoms in total. The second-order valence-electron chi connectivity index (χ2n) is 9.31. The first-order valence-corrected chi connectivity index (χ1v) is 11.7. The van der Waals surface area contributed by atoms with Crippen LogP contribution < -0.4 is 5.32 Å². The Morgan fingerprint density at radius 3 is 2.61 bits per heavy atom. The zero-order valence-electron chi connectivity index (χ0n) is 20.3. The minimum atomic E-state index is -0.457. The first kappa shape index (κ1) is 25.0. The summed E-state index contributed by atoms with van der Waals surface area (Å²) in [5, 5.41) is 10.5. The molecule has 0 saturated carbocycles. The monoisotopic (exact) mass is 434 g/mol. The second-order valence-corrected chi connectivity index (χ2v) is 9.31. The molecule has 0 aromatic carbocycles. The summed E-state index contributed by atoms with van der Waals surface area (Å²) < 4.78 is 5.55. The zero-order valence-corrected chi connectivity index (χ0v) is 20.3. The van der Waals surface area contributed by atoms with Crippen LogP contribution in [0, 0.1) is 12.8 Å². The van der Waals surface area contributed by atoms with E-state index < -0.39 is 5.60 Å². The lowest BCUT2D eigenvalue weighted by Crippen LogP contribution is -2.48. The van der Waals surface area contributed by atoms with Crippen LogP contribution in [0.25, 0.3) is 0 Å². The van der Waals surface area contributed by atoms with Gasteiger partial charge < -0.3 is 19.9 Å². The molecule has 1 fully saturated rings. The van der Waals surface area contributed by atoms with Gasteiger partial charge in [-0.05, 0) is 78.7 Å². The number of nitrogens with zero attached hydrogens (tertiary/aromatic N) is 4. The van der Waals surface area contributed by atoms with Gasteiger partial charge in [0.15, 0.2) is 5.96 Å². The van der Waals surface area contributed by atoms with Crippen molar-refractivity contribution in [1.82, 2.24) is 25.3 Å². The van der Waals surface area contributed by atoms with Gasteiger partial charge in [-0.25, -0.2) is 4.79 Å². The predicted octanol–water partition coefficient (Wildman–Crippen LogP) is 3.59. The van der Waals surface area contributed by atoms with E-state index in [1.54, 1.807) is 0 Å². The number of aliphatic imine (C=N–C) groups is 1. The third kappa shape index (κ3) is 8.42. The van der Waals surface area contributed by atoms with Gasteiger partial charge in [0.2, 0.25) is 0 Å². The minimum Gasteiger partial charge on any atom is -0.444 e. The van der Waals surface area contributed by atoms with Crippen LogP contribution >= 0.6 is 0 Å². The molecule has 0 aliphatic carbocycles. The number of ether oxygens (including phenoxy) is 1. The van der Waals surface area contributed by atoms with Gasteiger partial charge in [0.25, 0.3) is 0 Å². The Bertz CT molecular complexity index is 701. The fraction of sp³-hybridized carbons (Fsp3) is 0.783. The maximum absolute atomic E-state index is 12.4. The SMILES string of the molecule is CCNC(=NCCCc1cn[nH]c1C)N1CCC(CN(CC)C(=O)OC(C)(C)C)CC1. The Morgan fingerprint density at radius 2 is 2.06 bits per heavy atom. The average Bonchev–Trinajstić information content (AvgIpc) is 3.12. The second kappa shape index (κ2) is 12.0. The standard InChI is InChI=1S/C23H42N6O2/c1-7-24-21(25-13-9-10-20-16-26-27-18(20)3)29-14-11-19(12-15-29)17-28(8-2)22(30)31-23(4,5)6/h16,19H,7-15,17H2,1-6H3,(H,24,25)(H,26,27). The molecule has 2 N–H and O–H groups in total. The molecule has 1 amide bonds. The highest BCUT2D eigenvalue weighted by atomic mass is 16.6. The zero-order chi connectivity index (χ0) is 22.9. The number of carbonyl (C=O) groups is 1. The highest BCUT2D eigenvalue weighted by Gasteiger charge is 2.27. The van der Waals surface area contributed by atoms with E-state index in [4.69, 9.17) is 9.73 Å². The number of piperidine rings is 1. The van der Waals surface area contributed by atoms with E-state index >= 15 is 0 Å². The number of guanidine groups is 1. The Kier molecular flexibility index (Phi) is 9.65. The number of hydrogen-bond acceptors (Lipinski definition) is 4. The van der Waals surface area contributed by atoms with E-state index in [0.717, 1.165) is 70.1 Å². The molecule has 1 aliphatic heterocycles. The van der Waals surface area contributed by atoms with Crippen LogP contribution in [-0.2, 0) is 11.2 Å². The maximum Gasteiger partial charge on any atom is 0.410 e. The third-order valence-electron chi connectivity index (χ3n) is 5.56. The van der Waals surface area contributed by atoms with Gasteiger partial charge in [-0.15, -0.1) is 0 Å². The highest BCUT2D eigenvalue weighted by Crippen LogP contribution is 2.20. The van der Waals surface area contributed by atoms with E-state index in [9.17, 15) is 4.79 Å². The molecule has 1 aromatic rings. The highest BCUT2D eigenvalue weighted by molar-refractivity contribution is 5.80. The third-order valence-corrected chi connectivity index (χ3v) is 5.56. The summed E-state index contributed by atoms with van der Waals surface area (Å²) in [5.74, 6) is 1.50. The molecule has 0 radical (unpaired) electrons. The summed E-state index contributed by atoms with van der Waals surface area (Å²) in [4.78, 5) is 21.5. The number of rotatable bonds is 8. The van der Waals surface area contributed by atoms with Gasteiger partial charge in [0, 0.05) is 45.0 Å². The van der Waals surface area contributed by atoms with Crippen molar-refractivity contribution in [3.8, 4) is 0 Å². The van der Waals surface area contributed by atoms with Crippen LogP contribution in [0.2, 0.25) is 0 Å². The van der Waals surface area contributed by atoms with E-state index in [2.05, 4.69) is 34.3 Å². The molecule has 0 unspecified atom stereocenters. The number of likely N-dealkylation sites (tertiary alicyclic amines) is 1. The molecule has 1 aromatic heterocycles. The summed E-state index contributed by atoms with van der Waals surface area (Å²) in [5.41, 5.74) is 1.96. The number of amides is 1. The van der Waals surface area contributed by atoms with Crippen LogP contribution in [0.3, 0.4) is 0 Å². The number of aryl methyl sites for hydroxylation is 2. The van der Waals surface area contributed by atoms with Gasteiger partial charge in [0.1, 0.15) is 5.60 Å². The molecule has 0 bridgehead atoms. The predicted molar refractivity (Wildman–Crippen MR) is 125 cm³/mol. The van der Waals surface area contributed by atoms with Crippen molar-refractivity contribution in [3.05, 3.63) is 17.5 Å². The summed E-state index contributed by atoms with van der Waals surface area (Å²) in [6, 6.07) is 0. The Labute approximate surface area is 187 Å². The van der Waals surface area contributed by atoms with Crippen LogP contribution in [0.5, 0.6) is 0 Å². The smallest absolute Gasteiger partial charge is 0.410 e. The van der Waals surface area contributed by atoms with Crippen LogP contribution in [0.15, 0.2) is 11.2 Å². The topological polar surface area (TPSA) is 85.9 Å². The van der Waals surface area contributed by atoms with Gasteiger partial charge in [-0.3, -0.25) is 10.1 Å². The Hall–Kier alpha value is -2.25. The first-order chi connectivity index (χ1) is 14.7. The maximum atomic E-state index is 12.4. The van der Waals surface area contributed by atoms with Crippen LogP contribution in [0.1, 0.15) is 65.1 Å². The molecular formula is C23H42N6O2. The number of carbonyl (C=O) groups excluding carboxylic acids is 1. The van der Waals surface area contributed by atoms with E-state index in [1.807, 2.05) is 38.8 Å². The number of hydrogen-bond donors (Lipinski definition) is 2. The molecule has 0 atom stereocenters. The van der Waals surface area contributed by atoms with Crippen molar-refractivity contribution in [3.63, 3.8) is 0 Å². The van der Waals surface area contributed by atoms with E-state index in [-0.39, 0.29) is 6.09 Å². The fourth-order valence-electron chi connectivity index (χ4n) is 3.81. The van der Waals surface area contributed by atoms with Crippen molar-refractivity contribution >= 4 is 12.1 Å². The van der Waals surface area contributed by atoms with Crippen LogP contribution in [-0.4, -0.2) is 76.9 Å². The molecule has 1 aliphatic rings. The van der Waals surface area contributed by atoms with Crippen LogP contribution in [0.4, 0.5) is 4.79 Å². The molecular weight excluding hydrogens is 392 g/mol. The van der Waals surface area contributed by atoms with Crippen molar-refractivity contribution < 1.29 is 9.53 Å². The van der Waals surface area contributed by atoms with Crippen molar-refractivity contribution in [2.75, 3.05) is 39.3 Å². The largest absolute Gasteiger partial charge is 0.444 e. The lowest BCUT2D eigenvalue weighted by Gasteiger charge is -2.36. The van der Waals surface area contributed by atoms with E-state index in [0.29, 0.717) is 12.5 Å². The van der Waals surface area contributed by atoms with Gasteiger partial charge in [0.05, 0.1) is 6.20 Å². The van der Waals surface area contributed by atoms with Crippen molar-refractivity contribution in [1.29, 1.82) is 0 Å². The summed E-state index contributed by atoms with van der Waals surface area (Å²) in [6.07, 6.45) is 5.81. The molecule has 2 rings (SSSR count). The van der Waals surface area contributed by atoms with Crippen molar-refractivity contribution in [2.24, 2.45) is 10.9 Å². The minimum absolute atomic E-state index is 0.208. The summed E-state index contributed by atoms with van der Waals surface area (Å²) >= 11 is 0. The lowest BCUT2D eigenvalue weighted by atomic mass is 9.96. The normalized spacial score (nSPS) is 15.8. The number of H-pyrrole nitrogens is 1.